The van der Waals surface area contributed by atoms with Gasteiger partial charge in [0.15, 0.2) is 5.82 Å². The predicted molar refractivity (Wildman–Crippen MR) is 99.2 cm³/mol. The van der Waals surface area contributed by atoms with Gasteiger partial charge < -0.3 is 5.73 Å². The molecule has 0 amide bonds. The second kappa shape index (κ2) is 7.22. The maximum absolute atomic E-state index is 6.39. The van der Waals surface area contributed by atoms with Crippen molar-refractivity contribution in [3.63, 3.8) is 0 Å². The molecule has 1 aromatic heterocycles. The summed E-state index contributed by atoms with van der Waals surface area (Å²) in [6.07, 6.45) is 4.60. The van der Waals surface area contributed by atoms with E-state index in [1.807, 2.05) is 4.68 Å². The molecule has 3 rings (SSSR count). The number of aryl methyl sites for hydroxylation is 1. The lowest BCUT2D eigenvalue weighted by Crippen LogP contribution is -2.49. The third-order valence-corrected chi connectivity index (χ3v) is 4.96. The third kappa shape index (κ3) is 4.07. The van der Waals surface area contributed by atoms with Crippen molar-refractivity contribution in [3.05, 3.63) is 41.2 Å². The third-order valence-electron chi connectivity index (χ3n) is 4.96. The molecule has 3 unspecified atom stereocenters. The molecule has 0 saturated heterocycles. The summed E-state index contributed by atoms with van der Waals surface area (Å²) in [7, 11) is 0. The van der Waals surface area contributed by atoms with E-state index in [-0.39, 0.29) is 23.7 Å². The number of rotatable bonds is 4. The van der Waals surface area contributed by atoms with E-state index in [9.17, 15) is 0 Å². The second-order valence-corrected chi connectivity index (χ2v) is 8.19. The number of nitrogens with two attached hydrogens (primary N) is 1. The standard InChI is InChI=1S/C19H30N6/c1-13-8-7-9-14(12-13)17(21-16-11-6-5-10-15(16)20)18-22-23-24-25(18)19(2,3)4/h7-9,12,15-17,21H,5-6,10-11,20H2,1-4H3. The number of tetrazole rings is 1. The van der Waals surface area contributed by atoms with Crippen LogP contribution in [0.1, 0.15) is 69.4 Å². The number of aromatic nitrogens is 4. The zero-order valence-electron chi connectivity index (χ0n) is 15.7. The number of benzene rings is 1. The van der Waals surface area contributed by atoms with Crippen LogP contribution < -0.4 is 11.1 Å². The Bertz CT molecular complexity index is 702. The molecule has 0 bridgehead atoms. The highest BCUT2D eigenvalue weighted by Gasteiger charge is 2.31. The van der Waals surface area contributed by atoms with Crippen LogP contribution >= 0.6 is 0 Å². The molecule has 1 fully saturated rings. The van der Waals surface area contributed by atoms with Gasteiger partial charge in [-0.3, -0.25) is 5.32 Å². The molecular weight excluding hydrogens is 312 g/mol. The molecule has 1 aromatic carbocycles. The minimum Gasteiger partial charge on any atom is -0.326 e. The topological polar surface area (TPSA) is 81.7 Å². The van der Waals surface area contributed by atoms with Gasteiger partial charge in [-0.05, 0) is 56.5 Å². The average molecular weight is 342 g/mol. The maximum atomic E-state index is 6.39. The Kier molecular flexibility index (Phi) is 5.20. The van der Waals surface area contributed by atoms with Gasteiger partial charge in [-0.1, -0.05) is 42.7 Å². The normalized spacial score (nSPS) is 22.8. The van der Waals surface area contributed by atoms with Crippen LogP contribution in [0, 0.1) is 6.92 Å². The molecular formula is C19H30N6. The molecule has 1 aliphatic carbocycles. The molecule has 3 N–H and O–H groups in total. The molecule has 25 heavy (non-hydrogen) atoms. The van der Waals surface area contributed by atoms with Crippen LogP contribution in [0.3, 0.4) is 0 Å². The zero-order valence-corrected chi connectivity index (χ0v) is 15.7. The number of hydrogen-bond donors (Lipinski definition) is 2. The van der Waals surface area contributed by atoms with Crippen molar-refractivity contribution < 1.29 is 0 Å². The summed E-state index contributed by atoms with van der Waals surface area (Å²) in [5.74, 6) is 0.843. The largest absolute Gasteiger partial charge is 0.326 e. The van der Waals surface area contributed by atoms with Gasteiger partial charge in [0.25, 0.3) is 0 Å². The van der Waals surface area contributed by atoms with Gasteiger partial charge >= 0.3 is 0 Å². The van der Waals surface area contributed by atoms with Gasteiger partial charge in [-0.2, -0.15) is 0 Å². The Morgan fingerprint density at radius 3 is 2.68 bits per heavy atom. The van der Waals surface area contributed by atoms with Crippen molar-refractivity contribution in [2.45, 2.75) is 77.0 Å². The Morgan fingerprint density at radius 2 is 2.00 bits per heavy atom. The Labute approximate surface area is 150 Å². The summed E-state index contributed by atoms with van der Waals surface area (Å²) in [5, 5.41) is 16.4. The lowest BCUT2D eigenvalue weighted by Gasteiger charge is -2.34. The van der Waals surface area contributed by atoms with Crippen LogP contribution in [0.5, 0.6) is 0 Å². The van der Waals surface area contributed by atoms with Gasteiger partial charge in [0, 0.05) is 12.1 Å². The quantitative estimate of drug-likeness (QED) is 0.893. The summed E-state index contributed by atoms with van der Waals surface area (Å²) in [6.45, 7) is 8.46. The van der Waals surface area contributed by atoms with E-state index in [1.165, 1.54) is 24.0 Å². The van der Waals surface area contributed by atoms with Crippen LogP contribution in [0.25, 0.3) is 0 Å². The number of nitrogens with one attached hydrogen (secondary N) is 1. The van der Waals surface area contributed by atoms with Crippen LogP contribution in [-0.4, -0.2) is 32.3 Å². The minimum atomic E-state index is -0.183. The molecule has 0 aliphatic heterocycles. The first-order valence-electron chi connectivity index (χ1n) is 9.23. The van der Waals surface area contributed by atoms with E-state index in [0.29, 0.717) is 0 Å². The summed E-state index contributed by atoms with van der Waals surface area (Å²) in [5.41, 5.74) is 8.62. The fraction of sp³-hybridized carbons (Fsp3) is 0.632. The average Bonchev–Trinajstić information content (AvgIpc) is 3.04. The monoisotopic (exact) mass is 342 g/mol. The molecule has 0 radical (unpaired) electrons. The van der Waals surface area contributed by atoms with Gasteiger partial charge in [0.1, 0.15) is 0 Å². The fourth-order valence-corrected chi connectivity index (χ4v) is 3.60. The molecule has 1 saturated carbocycles. The summed E-state index contributed by atoms with van der Waals surface area (Å²) < 4.78 is 1.92. The van der Waals surface area contributed by atoms with E-state index in [2.05, 4.69) is 72.8 Å². The predicted octanol–water partition coefficient (Wildman–Crippen LogP) is 2.69. The summed E-state index contributed by atoms with van der Waals surface area (Å²) in [6, 6.07) is 8.94. The SMILES string of the molecule is Cc1cccc(C(NC2CCCCC2N)c2nnnn2C(C)(C)C)c1. The Hall–Kier alpha value is -1.79. The highest BCUT2D eigenvalue weighted by Crippen LogP contribution is 2.27. The van der Waals surface area contributed by atoms with E-state index in [4.69, 9.17) is 5.73 Å². The van der Waals surface area contributed by atoms with E-state index in [0.717, 1.165) is 18.7 Å². The van der Waals surface area contributed by atoms with Crippen LogP contribution in [0.15, 0.2) is 24.3 Å². The Morgan fingerprint density at radius 1 is 1.24 bits per heavy atom. The van der Waals surface area contributed by atoms with Crippen LogP contribution in [-0.2, 0) is 5.54 Å². The summed E-state index contributed by atoms with van der Waals surface area (Å²) >= 11 is 0. The van der Waals surface area contributed by atoms with Gasteiger partial charge in [-0.25, -0.2) is 4.68 Å². The van der Waals surface area contributed by atoms with E-state index < -0.39 is 0 Å². The highest BCUT2D eigenvalue weighted by molar-refractivity contribution is 5.29. The first-order chi connectivity index (χ1) is 11.9. The lowest BCUT2D eigenvalue weighted by atomic mass is 9.89. The molecule has 6 heteroatoms. The van der Waals surface area contributed by atoms with Crippen molar-refractivity contribution >= 4 is 0 Å². The van der Waals surface area contributed by atoms with Crippen molar-refractivity contribution in [1.29, 1.82) is 0 Å². The van der Waals surface area contributed by atoms with Crippen molar-refractivity contribution in [2.75, 3.05) is 0 Å². The fourth-order valence-electron chi connectivity index (χ4n) is 3.60. The highest BCUT2D eigenvalue weighted by atomic mass is 15.6. The molecule has 0 spiro atoms. The first kappa shape index (κ1) is 18.0. The molecule has 2 aromatic rings. The van der Waals surface area contributed by atoms with Gasteiger partial charge in [0.05, 0.1) is 11.6 Å². The Balaban J connectivity index is 1.99. The van der Waals surface area contributed by atoms with E-state index >= 15 is 0 Å². The van der Waals surface area contributed by atoms with Crippen molar-refractivity contribution in [3.8, 4) is 0 Å². The molecule has 1 heterocycles. The molecule has 6 nitrogen and oxygen atoms in total. The minimum absolute atomic E-state index is 0.0664. The van der Waals surface area contributed by atoms with Crippen molar-refractivity contribution in [2.24, 2.45) is 5.73 Å². The van der Waals surface area contributed by atoms with E-state index in [1.54, 1.807) is 0 Å². The molecule has 3 atom stereocenters. The smallest absolute Gasteiger partial charge is 0.173 e. The molecule has 136 valence electrons. The molecule has 1 aliphatic rings. The van der Waals surface area contributed by atoms with Gasteiger partial charge in [-0.15, -0.1) is 5.10 Å². The van der Waals surface area contributed by atoms with Crippen LogP contribution in [0.2, 0.25) is 0 Å². The second-order valence-electron chi connectivity index (χ2n) is 8.19. The van der Waals surface area contributed by atoms with Crippen molar-refractivity contribution in [1.82, 2.24) is 25.5 Å². The van der Waals surface area contributed by atoms with Crippen LogP contribution in [0.4, 0.5) is 0 Å². The maximum Gasteiger partial charge on any atom is 0.173 e. The number of hydrogen-bond acceptors (Lipinski definition) is 5. The first-order valence-corrected chi connectivity index (χ1v) is 9.23. The lowest BCUT2D eigenvalue weighted by molar-refractivity contribution is 0.287. The number of nitrogens with zero attached hydrogens (tertiary/aromatic N) is 4. The van der Waals surface area contributed by atoms with Gasteiger partial charge in [0.2, 0.25) is 0 Å². The zero-order chi connectivity index (χ0) is 18.0. The summed E-state index contributed by atoms with van der Waals surface area (Å²) in [4.78, 5) is 0.